The van der Waals surface area contributed by atoms with Crippen LogP contribution in [0.15, 0.2) is 52.5 Å². The summed E-state index contributed by atoms with van der Waals surface area (Å²) in [5, 5.41) is 10.3. The van der Waals surface area contributed by atoms with Gasteiger partial charge < -0.3 is 24.5 Å². The van der Waals surface area contributed by atoms with E-state index in [-0.39, 0.29) is 0 Å². The van der Waals surface area contributed by atoms with Crippen LogP contribution in [0.3, 0.4) is 0 Å². The fourth-order valence-corrected chi connectivity index (χ4v) is 4.86. The van der Waals surface area contributed by atoms with Gasteiger partial charge in [-0.05, 0) is 44.0 Å². The molecule has 4 heterocycles. The van der Waals surface area contributed by atoms with Gasteiger partial charge >= 0.3 is 0 Å². The minimum atomic E-state index is 0.429. The maximum absolute atomic E-state index is 5.59. The Labute approximate surface area is 186 Å². The molecule has 0 saturated carbocycles. The van der Waals surface area contributed by atoms with Crippen molar-refractivity contribution in [3.05, 3.63) is 59.5 Å². The van der Waals surface area contributed by atoms with Gasteiger partial charge in [-0.25, -0.2) is 9.97 Å². The Kier molecular flexibility index (Phi) is 5.90. The van der Waals surface area contributed by atoms with Gasteiger partial charge in [-0.1, -0.05) is 12.1 Å². The minimum absolute atomic E-state index is 0.429. The summed E-state index contributed by atoms with van der Waals surface area (Å²) >= 11 is 1.68. The number of piperidine rings is 1. The molecule has 5 rings (SSSR count). The fraction of sp³-hybridized carbons (Fsp3) is 0.391. The lowest BCUT2D eigenvalue weighted by molar-refractivity contribution is 0.226. The topological polar surface area (TPSA) is 71.2 Å². The van der Waals surface area contributed by atoms with Crippen molar-refractivity contribution in [1.29, 1.82) is 0 Å². The Morgan fingerprint density at radius 2 is 2.00 bits per heavy atom. The third-order valence-electron chi connectivity index (χ3n) is 5.79. The molecule has 0 atom stereocenters. The molecule has 0 bridgehead atoms. The van der Waals surface area contributed by atoms with Gasteiger partial charge in [-0.15, -0.1) is 11.3 Å². The van der Waals surface area contributed by atoms with E-state index < -0.39 is 0 Å². The van der Waals surface area contributed by atoms with E-state index >= 15 is 0 Å². The summed E-state index contributed by atoms with van der Waals surface area (Å²) in [5.74, 6) is 1.86. The monoisotopic (exact) mass is 436 g/mol. The van der Waals surface area contributed by atoms with Crippen LogP contribution in [0.5, 0.6) is 0 Å². The predicted octanol–water partition coefficient (Wildman–Crippen LogP) is 4.43. The van der Waals surface area contributed by atoms with Gasteiger partial charge in [-0.3, -0.25) is 0 Å². The van der Waals surface area contributed by atoms with Crippen LogP contribution in [0.2, 0.25) is 0 Å². The van der Waals surface area contributed by atoms with Crippen LogP contribution in [0, 0.1) is 6.92 Å². The first-order valence-corrected chi connectivity index (χ1v) is 11.7. The number of para-hydroxylation sites is 2. The van der Waals surface area contributed by atoms with E-state index in [1.807, 2.05) is 25.1 Å². The first-order valence-electron chi connectivity index (χ1n) is 10.9. The Balaban J connectivity index is 1.18. The molecule has 1 aliphatic heterocycles. The summed E-state index contributed by atoms with van der Waals surface area (Å²) in [4.78, 5) is 11.9. The number of nitrogens with zero attached hydrogens (tertiary/aromatic N) is 4. The standard InChI is InChI=1S/C23H28N6OS/c1-17-16-31-23(25-17)24-10-13-28-11-8-18(9-12-28)26-22-27-20-6-2-3-7-21(20)29(22)15-19-5-4-14-30-19/h2-7,14,16,18H,8-13,15H2,1H3,(H,24,25)(H,26,27). The van der Waals surface area contributed by atoms with Crippen LogP contribution in [-0.4, -0.2) is 51.7 Å². The van der Waals surface area contributed by atoms with E-state index in [2.05, 4.69) is 48.7 Å². The second kappa shape index (κ2) is 9.11. The molecule has 7 nitrogen and oxygen atoms in total. The van der Waals surface area contributed by atoms with Crippen molar-refractivity contribution < 1.29 is 4.42 Å². The zero-order valence-corrected chi connectivity index (χ0v) is 18.6. The lowest BCUT2D eigenvalue weighted by Crippen LogP contribution is -2.41. The number of imidazole rings is 1. The summed E-state index contributed by atoms with van der Waals surface area (Å²) in [6.07, 6.45) is 3.95. The van der Waals surface area contributed by atoms with Gasteiger partial charge in [-0.2, -0.15) is 0 Å². The normalized spacial score (nSPS) is 15.5. The minimum Gasteiger partial charge on any atom is -0.467 e. The Morgan fingerprint density at radius 3 is 2.77 bits per heavy atom. The van der Waals surface area contributed by atoms with Crippen LogP contribution in [0.4, 0.5) is 11.1 Å². The number of hydrogen-bond acceptors (Lipinski definition) is 7. The molecule has 0 unspecified atom stereocenters. The number of furan rings is 1. The van der Waals surface area contributed by atoms with Crippen LogP contribution in [0.1, 0.15) is 24.3 Å². The molecule has 1 aromatic carbocycles. The fourth-order valence-electron chi connectivity index (χ4n) is 4.14. The highest BCUT2D eigenvalue weighted by atomic mass is 32.1. The van der Waals surface area contributed by atoms with E-state index in [4.69, 9.17) is 9.40 Å². The van der Waals surface area contributed by atoms with E-state index in [0.717, 1.165) is 72.6 Å². The van der Waals surface area contributed by atoms with Gasteiger partial charge in [0.25, 0.3) is 0 Å². The molecule has 0 radical (unpaired) electrons. The number of benzene rings is 1. The molecule has 31 heavy (non-hydrogen) atoms. The van der Waals surface area contributed by atoms with Crippen molar-refractivity contribution in [1.82, 2.24) is 19.4 Å². The quantitative estimate of drug-likeness (QED) is 0.426. The molecule has 8 heteroatoms. The highest BCUT2D eigenvalue weighted by Gasteiger charge is 2.21. The van der Waals surface area contributed by atoms with E-state index in [1.165, 1.54) is 0 Å². The first kappa shape index (κ1) is 20.1. The van der Waals surface area contributed by atoms with E-state index in [0.29, 0.717) is 12.6 Å². The number of nitrogens with one attached hydrogen (secondary N) is 2. The van der Waals surface area contributed by atoms with Crippen molar-refractivity contribution in [2.75, 3.05) is 36.8 Å². The largest absolute Gasteiger partial charge is 0.467 e. The van der Waals surface area contributed by atoms with Gasteiger partial charge in [0.05, 0.1) is 29.5 Å². The summed E-state index contributed by atoms with van der Waals surface area (Å²) in [6.45, 7) is 6.87. The summed E-state index contributed by atoms with van der Waals surface area (Å²) < 4.78 is 7.82. The number of likely N-dealkylation sites (tertiary alicyclic amines) is 1. The molecule has 2 N–H and O–H groups in total. The smallest absolute Gasteiger partial charge is 0.204 e. The molecule has 1 aliphatic rings. The summed E-state index contributed by atoms with van der Waals surface area (Å²) in [7, 11) is 0. The average Bonchev–Trinajstić information content (AvgIpc) is 3.52. The van der Waals surface area contributed by atoms with Crippen LogP contribution in [-0.2, 0) is 6.54 Å². The number of anilines is 2. The molecule has 1 saturated heterocycles. The maximum atomic E-state index is 5.59. The number of fused-ring (bicyclic) bond motifs is 1. The zero-order chi connectivity index (χ0) is 21.0. The third-order valence-corrected chi connectivity index (χ3v) is 6.71. The molecule has 1 fully saturated rings. The molecule has 0 spiro atoms. The zero-order valence-electron chi connectivity index (χ0n) is 17.8. The second-order valence-electron chi connectivity index (χ2n) is 8.07. The summed E-state index contributed by atoms with van der Waals surface area (Å²) in [6, 6.07) is 12.7. The number of aromatic nitrogens is 3. The van der Waals surface area contributed by atoms with E-state index in [1.54, 1.807) is 17.6 Å². The first-order chi connectivity index (χ1) is 15.2. The van der Waals surface area contributed by atoms with Crippen molar-refractivity contribution in [3.63, 3.8) is 0 Å². The Bertz CT molecular complexity index is 1110. The van der Waals surface area contributed by atoms with Crippen molar-refractivity contribution in [2.45, 2.75) is 32.4 Å². The average molecular weight is 437 g/mol. The lowest BCUT2D eigenvalue weighted by atomic mass is 10.1. The second-order valence-corrected chi connectivity index (χ2v) is 8.93. The number of thiazole rings is 1. The highest BCUT2D eigenvalue weighted by molar-refractivity contribution is 7.13. The number of rotatable bonds is 8. The van der Waals surface area contributed by atoms with Crippen LogP contribution >= 0.6 is 11.3 Å². The molecule has 162 valence electrons. The molecular weight excluding hydrogens is 408 g/mol. The maximum Gasteiger partial charge on any atom is 0.204 e. The molecule has 0 amide bonds. The van der Waals surface area contributed by atoms with Crippen molar-refractivity contribution in [3.8, 4) is 0 Å². The summed E-state index contributed by atoms with van der Waals surface area (Å²) in [5.41, 5.74) is 3.22. The highest BCUT2D eigenvalue weighted by Crippen LogP contribution is 2.24. The van der Waals surface area contributed by atoms with E-state index in [9.17, 15) is 0 Å². The van der Waals surface area contributed by atoms with Crippen LogP contribution in [0.25, 0.3) is 11.0 Å². The van der Waals surface area contributed by atoms with Crippen LogP contribution < -0.4 is 10.6 Å². The molecule has 4 aromatic rings. The number of hydrogen-bond donors (Lipinski definition) is 2. The molecule has 3 aromatic heterocycles. The van der Waals surface area contributed by atoms with Gasteiger partial charge in [0.1, 0.15) is 5.76 Å². The Hall–Kier alpha value is -2.84. The Morgan fingerprint density at radius 1 is 1.13 bits per heavy atom. The van der Waals surface area contributed by atoms with Gasteiger partial charge in [0.2, 0.25) is 5.95 Å². The van der Waals surface area contributed by atoms with Gasteiger partial charge in [0.15, 0.2) is 5.13 Å². The molecule has 0 aliphatic carbocycles. The predicted molar refractivity (Wildman–Crippen MR) is 126 cm³/mol. The van der Waals surface area contributed by atoms with Crippen molar-refractivity contribution in [2.24, 2.45) is 0 Å². The van der Waals surface area contributed by atoms with Gasteiger partial charge in [0, 0.05) is 37.6 Å². The SMILES string of the molecule is Cc1csc(NCCN2CCC(Nc3nc4ccccc4n3Cc3ccco3)CC2)n1. The van der Waals surface area contributed by atoms with Crippen molar-refractivity contribution >= 4 is 33.5 Å². The third kappa shape index (κ3) is 4.75. The molecular formula is C23H28N6OS. The number of aryl methyl sites for hydroxylation is 1. The lowest BCUT2D eigenvalue weighted by Gasteiger charge is -2.32.